The van der Waals surface area contributed by atoms with E-state index in [0.29, 0.717) is 0 Å². The van der Waals surface area contributed by atoms with Crippen LogP contribution in [0.3, 0.4) is 0 Å². The molecule has 0 spiro atoms. The molecule has 0 atom stereocenters. The summed E-state index contributed by atoms with van der Waals surface area (Å²) in [7, 11) is -2.36. The van der Waals surface area contributed by atoms with Crippen LogP contribution in [-0.4, -0.2) is 28.2 Å². The fourth-order valence-electron chi connectivity index (χ4n) is 1.40. The Bertz CT molecular complexity index is 559. The number of hydrogen-bond donors (Lipinski definition) is 2. The van der Waals surface area contributed by atoms with E-state index in [-0.39, 0.29) is 29.4 Å². The number of sulfonamides is 1. The van der Waals surface area contributed by atoms with E-state index in [4.69, 9.17) is 10.5 Å². The zero-order valence-corrected chi connectivity index (χ0v) is 11.5. The fourth-order valence-corrected chi connectivity index (χ4v) is 2.16. The summed E-state index contributed by atoms with van der Waals surface area (Å²) in [5, 5.41) is 0. The van der Waals surface area contributed by atoms with Crippen LogP contribution in [0.2, 0.25) is 0 Å². The molecule has 0 aliphatic heterocycles. The summed E-state index contributed by atoms with van der Waals surface area (Å²) in [6, 6.07) is 3.76. The summed E-state index contributed by atoms with van der Waals surface area (Å²) in [6.07, 6.45) is -5.36. The summed E-state index contributed by atoms with van der Waals surface area (Å²) in [5.41, 5.74) is 5.65. The van der Waals surface area contributed by atoms with Gasteiger partial charge in [0.25, 0.3) is 0 Å². The van der Waals surface area contributed by atoms with Crippen LogP contribution in [0, 0.1) is 0 Å². The quantitative estimate of drug-likeness (QED) is 0.621. The second-order valence-corrected chi connectivity index (χ2v) is 5.86. The number of halogens is 3. The summed E-state index contributed by atoms with van der Waals surface area (Å²) in [4.78, 5) is -0.0415. The van der Waals surface area contributed by atoms with Crippen molar-refractivity contribution in [3.8, 4) is 5.75 Å². The molecule has 5 nitrogen and oxygen atoms in total. The molecule has 0 saturated heterocycles. The molecule has 0 bridgehead atoms. The van der Waals surface area contributed by atoms with Crippen LogP contribution in [0.15, 0.2) is 23.1 Å². The zero-order chi connectivity index (χ0) is 15.4. The molecule has 0 aliphatic rings. The van der Waals surface area contributed by atoms with Crippen LogP contribution in [0.1, 0.15) is 12.8 Å². The molecule has 1 aromatic carbocycles. The average molecular weight is 312 g/mol. The number of alkyl halides is 3. The minimum Gasteiger partial charge on any atom is -0.491 e. The second-order valence-electron chi connectivity index (χ2n) is 3.97. The van der Waals surface area contributed by atoms with Gasteiger partial charge in [-0.15, -0.1) is 0 Å². The third-order valence-corrected chi connectivity index (χ3v) is 3.83. The number of benzene rings is 1. The van der Waals surface area contributed by atoms with Crippen molar-refractivity contribution >= 4 is 15.7 Å². The Labute approximate surface area is 115 Å². The molecule has 20 heavy (non-hydrogen) atoms. The minimum atomic E-state index is -4.22. The van der Waals surface area contributed by atoms with Gasteiger partial charge in [0.05, 0.1) is 17.2 Å². The van der Waals surface area contributed by atoms with E-state index in [1.54, 1.807) is 0 Å². The zero-order valence-electron chi connectivity index (χ0n) is 10.7. The van der Waals surface area contributed by atoms with Crippen molar-refractivity contribution in [3.63, 3.8) is 0 Å². The van der Waals surface area contributed by atoms with Crippen molar-refractivity contribution < 1.29 is 26.3 Å². The van der Waals surface area contributed by atoms with E-state index >= 15 is 0 Å². The van der Waals surface area contributed by atoms with E-state index in [9.17, 15) is 21.6 Å². The minimum absolute atomic E-state index is 0.0415. The Morgan fingerprint density at radius 1 is 1.35 bits per heavy atom. The first-order valence-corrected chi connectivity index (χ1v) is 7.16. The molecule has 1 aromatic rings. The van der Waals surface area contributed by atoms with E-state index in [1.165, 1.54) is 25.2 Å². The summed E-state index contributed by atoms with van der Waals surface area (Å²) < 4.78 is 66.0. The maximum Gasteiger partial charge on any atom is 0.389 e. The van der Waals surface area contributed by atoms with Crippen LogP contribution >= 0.6 is 0 Å². The van der Waals surface area contributed by atoms with Gasteiger partial charge >= 0.3 is 6.18 Å². The number of anilines is 1. The van der Waals surface area contributed by atoms with Gasteiger partial charge in [0.2, 0.25) is 10.0 Å². The Hall–Kier alpha value is -1.48. The van der Waals surface area contributed by atoms with Gasteiger partial charge in [0, 0.05) is 6.42 Å². The smallest absolute Gasteiger partial charge is 0.389 e. The van der Waals surface area contributed by atoms with E-state index in [1.807, 2.05) is 0 Å². The van der Waals surface area contributed by atoms with Gasteiger partial charge in [0.1, 0.15) is 5.75 Å². The van der Waals surface area contributed by atoms with Crippen molar-refractivity contribution in [1.82, 2.24) is 4.72 Å². The van der Waals surface area contributed by atoms with Gasteiger partial charge in [-0.2, -0.15) is 13.2 Å². The molecule has 114 valence electrons. The lowest BCUT2D eigenvalue weighted by Crippen LogP contribution is -2.18. The molecule has 0 radical (unpaired) electrons. The van der Waals surface area contributed by atoms with Gasteiger partial charge in [-0.3, -0.25) is 0 Å². The summed E-state index contributed by atoms with van der Waals surface area (Å²) in [6.45, 7) is -0.151. The Kier molecular flexibility index (Phi) is 5.23. The first-order chi connectivity index (χ1) is 9.15. The third-order valence-electron chi connectivity index (χ3n) is 2.42. The van der Waals surface area contributed by atoms with E-state index in [2.05, 4.69) is 4.72 Å². The van der Waals surface area contributed by atoms with Crippen molar-refractivity contribution in [2.75, 3.05) is 19.4 Å². The maximum absolute atomic E-state index is 11.9. The molecule has 0 amide bonds. The van der Waals surface area contributed by atoms with Crippen molar-refractivity contribution in [3.05, 3.63) is 18.2 Å². The molecular formula is C11H15F3N2O3S. The van der Waals surface area contributed by atoms with Crippen LogP contribution < -0.4 is 15.2 Å². The van der Waals surface area contributed by atoms with Gasteiger partial charge in [-0.1, -0.05) is 0 Å². The van der Waals surface area contributed by atoms with E-state index in [0.717, 1.165) is 0 Å². The number of nitrogens with one attached hydrogen (secondary N) is 1. The molecule has 3 N–H and O–H groups in total. The van der Waals surface area contributed by atoms with Crippen LogP contribution in [0.25, 0.3) is 0 Å². The topological polar surface area (TPSA) is 81.4 Å². The van der Waals surface area contributed by atoms with Crippen molar-refractivity contribution in [2.24, 2.45) is 0 Å². The summed E-state index contributed by atoms with van der Waals surface area (Å²) >= 11 is 0. The van der Waals surface area contributed by atoms with Gasteiger partial charge in [-0.05, 0) is 31.7 Å². The maximum atomic E-state index is 11.9. The first-order valence-electron chi connectivity index (χ1n) is 5.68. The molecule has 0 aliphatic carbocycles. The van der Waals surface area contributed by atoms with Gasteiger partial charge in [0.15, 0.2) is 0 Å². The number of nitrogen functional groups attached to an aromatic ring is 1. The highest BCUT2D eigenvalue weighted by Crippen LogP contribution is 2.26. The normalized spacial score (nSPS) is 12.4. The second kappa shape index (κ2) is 6.31. The standard InChI is InChI=1S/C11H15F3N2O3S/c1-16-20(17,18)8-3-4-10(9(15)7-8)19-6-2-5-11(12,13)14/h3-4,7,16H,2,5-6,15H2,1H3. The lowest BCUT2D eigenvalue weighted by molar-refractivity contribution is -0.136. The fraction of sp³-hybridized carbons (Fsp3) is 0.455. The largest absolute Gasteiger partial charge is 0.491 e. The lowest BCUT2D eigenvalue weighted by atomic mass is 10.3. The molecule has 1 rings (SSSR count). The number of hydrogen-bond acceptors (Lipinski definition) is 4. The number of nitrogens with two attached hydrogens (primary N) is 1. The highest BCUT2D eigenvalue weighted by molar-refractivity contribution is 7.89. The average Bonchev–Trinajstić information content (AvgIpc) is 2.34. The molecule has 9 heteroatoms. The Morgan fingerprint density at radius 2 is 2.00 bits per heavy atom. The SMILES string of the molecule is CNS(=O)(=O)c1ccc(OCCCC(F)(F)F)c(N)c1. The monoisotopic (exact) mass is 312 g/mol. The number of rotatable bonds is 6. The Balaban J connectivity index is 2.66. The van der Waals surface area contributed by atoms with Crippen LogP contribution in [0.4, 0.5) is 18.9 Å². The predicted octanol–water partition coefficient (Wildman–Crippen LogP) is 1.90. The van der Waals surface area contributed by atoms with Gasteiger partial charge in [-0.25, -0.2) is 13.1 Å². The lowest BCUT2D eigenvalue weighted by Gasteiger charge is -2.11. The first kappa shape index (κ1) is 16.6. The molecule has 0 heterocycles. The predicted molar refractivity (Wildman–Crippen MR) is 67.9 cm³/mol. The van der Waals surface area contributed by atoms with Crippen LogP contribution in [-0.2, 0) is 10.0 Å². The molecule has 0 aromatic heterocycles. The van der Waals surface area contributed by atoms with E-state index < -0.39 is 22.6 Å². The molecule has 0 fully saturated rings. The third kappa shape index (κ3) is 4.89. The molecule has 0 unspecified atom stereocenters. The molecule has 0 saturated carbocycles. The number of ether oxygens (including phenoxy) is 1. The molecular weight excluding hydrogens is 297 g/mol. The van der Waals surface area contributed by atoms with Crippen LogP contribution in [0.5, 0.6) is 5.75 Å². The highest BCUT2D eigenvalue weighted by atomic mass is 32.2. The van der Waals surface area contributed by atoms with Gasteiger partial charge < -0.3 is 10.5 Å². The van der Waals surface area contributed by atoms with Crippen molar-refractivity contribution in [1.29, 1.82) is 0 Å². The summed E-state index contributed by atoms with van der Waals surface area (Å²) in [5.74, 6) is 0.155. The van der Waals surface area contributed by atoms with Crippen molar-refractivity contribution in [2.45, 2.75) is 23.9 Å². The Morgan fingerprint density at radius 3 is 2.50 bits per heavy atom. The highest BCUT2D eigenvalue weighted by Gasteiger charge is 2.26.